The van der Waals surface area contributed by atoms with Crippen molar-refractivity contribution in [2.75, 3.05) is 35.3 Å². The number of carbonyl (C=O) groups is 2. The minimum absolute atomic E-state index is 0.0914. The number of hydrogen-bond acceptors (Lipinski definition) is 3. The van der Waals surface area contributed by atoms with Gasteiger partial charge in [0.15, 0.2) is 0 Å². The summed E-state index contributed by atoms with van der Waals surface area (Å²) in [6.45, 7) is 1.00. The number of likely N-dealkylation sites (N-methyl/N-ethyl adjacent to an activating group) is 1. The first kappa shape index (κ1) is 16.1. The van der Waals surface area contributed by atoms with Crippen LogP contribution in [0.25, 0.3) is 0 Å². The molecule has 5 nitrogen and oxygen atoms in total. The average Bonchev–Trinajstić information content (AvgIpc) is 3.02. The Morgan fingerprint density at radius 3 is 2.67 bits per heavy atom. The number of para-hydroxylation sites is 1. The van der Waals surface area contributed by atoms with Crippen molar-refractivity contribution >= 4 is 28.9 Å². The van der Waals surface area contributed by atoms with E-state index in [1.807, 2.05) is 66.5 Å². The third-order valence-electron chi connectivity index (χ3n) is 4.09. The highest BCUT2D eigenvalue weighted by Crippen LogP contribution is 2.24. The smallest absolute Gasteiger partial charge is 0.243 e. The van der Waals surface area contributed by atoms with Crippen molar-refractivity contribution in [3.8, 4) is 0 Å². The first-order chi connectivity index (χ1) is 11.6. The van der Waals surface area contributed by atoms with Crippen LogP contribution in [0.2, 0.25) is 0 Å². The monoisotopic (exact) mass is 323 g/mol. The lowest BCUT2D eigenvalue weighted by molar-refractivity contribution is -0.117. The standard InChI is InChI=1S/C19H21N3O2/c1-21(16-8-3-2-4-9-16)14-18(23)20-15-7-5-10-17(13-15)22-12-6-11-19(22)24/h2-5,7-10,13H,6,11-12,14H2,1H3,(H,20,23). The molecular formula is C19H21N3O2. The Kier molecular flexibility index (Phi) is 4.79. The van der Waals surface area contributed by atoms with Gasteiger partial charge >= 0.3 is 0 Å². The maximum absolute atomic E-state index is 12.3. The summed E-state index contributed by atoms with van der Waals surface area (Å²) in [7, 11) is 1.88. The van der Waals surface area contributed by atoms with Crippen molar-refractivity contribution in [2.45, 2.75) is 12.8 Å². The highest BCUT2D eigenvalue weighted by molar-refractivity contribution is 5.97. The van der Waals surface area contributed by atoms with Crippen LogP contribution in [0.5, 0.6) is 0 Å². The highest BCUT2D eigenvalue weighted by Gasteiger charge is 2.21. The van der Waals surface area contributed by atoms with Crippen molar-refractivity contribution in [3.63, 3.8) is 0 Å². The van der Waals surface area contributed by atoms with Gasteiger partial charge in [-0.2, -0.15) is 0 Å². The van der Waals surface area contributed by atoms with Crippen molar-refractivity contribution in [2.24, 2.45) is 0 Å². The molecule has 0 saturated carbocycles. The number of anilines is 3. The van der Waals surface area contributed by atoms with Crippen LogP contribution in [-0.2, 0) is 9.59 Å². The van der Waals surface area contributed by atoms with Gasteiger partial charge in [0.05, 0.1) is 6.54 Å². The van der Waals surface area contributed by atoms with Gasteiger partial charge in [0.1, 0.15) is 0 Å². The number of nitrogens with one attached hydrogen (secondary N) is 1. The highest BCUT2D eigenvalue weighted by atomic mass is 16.2. The molecule has 1 heterocycles. The lowest BCUT2D eigenvalue weighted by Crippen LogP contribution is -2.30. The zero-order chi connectivity index (χ0) is 16.9. The van der Waals surface area contributed by atoms with Crippen LogP contribution in [0.4, 0.5) is 17.1 Å². The fraction of sp³-hybridized carbons (Fsp3) is 0.263. The summed E-state index contributed by atoms with van der Waals surface area (Å²) < 4.78 is 0. The number of benzene rings is 2. The lowest BCUT2D eigenvalue weighted by Gasteiger charge is -2.19. The topological polar surface area (TPSA) is 52.7 Å². The summed E-state index contributed by atoms with van der Waals surface area (Å²) >= 11 is 0. The van der Waals surface area contributed by atoms with Gasteiger partial charge in [-0.05, 0) is 36.8 Å². The Hall–Kier alpha value is -2.82. The van der Waals surface area contributed by atoms with Gasteiger partial charge in [-0.15, -0.1) is 0 Å². The molecule has 1 N–H and O–H groups in total. The third kappa shape index (κ3) is 3.74. The third-order valence-corrected chi connectivity index (χ3v) is 4.09. The molecule has 1 aliphatic heterocycles. The maximum Gasteiger partial charge on any atom is 0.243 e. The average molecular weight is 323 g/mol. The van der Waals surface area contributed by atoms with E-state index in [-0.39, 0.29) is 18.4 Å². The zero-order valence-electron chi connectivity index (χ0n) is 13.7. The molecule has 0 bridgehead atoms. The number of rotatable bonds is 5. The molecule has 2 aromatic carbocycles. The second-order valence-corrected chi connectivity index (χ2v) is 5.94. The Morgan fingerprint density at radius 2 is 1.96 bits per heavy atom. The molecule has 0 aliphatic carbocycles. The van der Waals surface area contributed by atoms with E-state index in [9.17, 15) is 9.59 Å². The second kappa shape index (κ2) is 7.17. The van der Waals surface area contributed by atoms with Gasteiger partial charge < -0.3 is 15.1 Å². The van der Waals surface area contributed by atoms with E-state index in [1.54, 1.807) is 4.90 Å². The predicted molar refractivity (Wildman–Crippen MR) is 96.4 cm³/mol. The van der Waals surface area contributed by atoms with Gasteiger partial charge in [0.2, 0.25) is 11.8 Å². The summed E-state index contributed by atoms with van der Waals surface area (Å²) in [6, 6.07) is 17.2. The molecule has 0 unspecified atom stereocenters. The van der Waals surface area contributed by atoms with E-state index >= 15 is 0 Å². The fourth-order valence-electron chi connectivity index (χ4n) is 2.86. The summed E-state index contributed by atoms with van der Waals surface area (Å²) in [6.07, 6.45) is 1.48. The Labute approximate surface area is 141 Å². The predicted octanol–water partition coefficient (Wildman–Crippen LogP) is 2.89. The molecule has 1 saturated heterocycles. The summed E-state index contributed by atoms with van der Waals surface area (Å²) in [5.74, 6) is 0.0496. The van der Waals surface area contributed by atoms with Crippen LogP contribution < -0.4 is 15.1 Å². The minimum atomic E-state index is -0.0914. The molecule has 124 valence electrons. The van der Waals surface area contributed by atoms with Crippen LogP contribution >= 0.6 is 0 Å². The second-order valence-electron chi connectivity index (χ2n) is 5.94. The number of nitrogens with zero attached hydrogens (tertiary/aromatic N) is 2. The van der Waals surface area contributed by atoms with Crippen molar-refractivity contribution in [1.82, 2.24) is 0 Å². The van der Waals surface area contributed by atoms with E-state index in [0.717, 1.165) is 24.3 Å². The molecule has 0 spiro atoms. The molecule has 0 aromatic heterocycles. The van der Waals surface area contributed by atoms with Crippen molar-refractivity contribution < 1.29 is 9.59 Å². The summed E-state index contributed by atoms with van der Waals surface area (Å²) in [5, 5.41) is 2.90. The van der Waals surface area contributed by atoms with Crippen molar-refractivity contribution in [3.05, 3.63) is 54.6 Å². The van der Waals surface area contributed by atoms with Crippen LogP contribution in [-0.4, -0.2) is 32.0 Å². The van der Waals surface area contributed by atoms with Gasteiger partial charge in [-0.25, -0.2) is 0 Å². The molecule has 0 atom stereocenters. The number of hydrogen-bond donors (Lipinski definition) is 1. The van der Waals surface area contributed by atoms with Gasteiger partial charge in [0.25, 0.3) is 0 Å². The molecule has 1 aliphatic rings. The Balaban J connectivity index is 1.63. The minimum Gasteiger partial charge on any atom is -0.365 e. The Morgan fingerprint density at radius 1 is 1.17 bits per heavy atom. The van der Waals surface area contributed by atoms with E-state index in [0.29, 0.717) is 12.1 Å². The fourth-order valence-corrected chi connectivity index (χ4v) is 2.86. The lowest BCUT2D eigenvalue weighted by atomic mass is 10.2. The SMILES string of the molecule is CN(CC(=O)Nc1cccc(N2CCCC2=O)c1)c1ccccc1. The quantitative estimate of drug-likeness (QED) is 0.920. The van der Waals surface area contributed by atoms with E-state index < -0.39 is 0 Å². The van der Waals surface area contributed by atoms with Crippen molar-refractivity contribution in [1.29, 1.82) is 0 Å². The van der Waals surface area contributed by atoms with Crippen LogP contribution in [0, 0.1) is 0 Å². The molecule has 3 rings (SSSR count). The molecule has 0 radical (unpaired) electrons. The van der Waals surface area contributed by atoms with E-state index in [4.69, 9.17) is 0 Å². The maximum atomic E-state index is 12.3. The molecular weight excluding hydrogens is 302 g/mol. The van der Waals surface area contributed by atoms with Gasteiger partial charge in [0, 0.05) is 37.1 Å². The summed E-state index contributed by atoms with van der Waals surface area (Å²) in [4.78, 5) is 27.8. The van der Waals surface area contributed by atoms with E-state index in [2.05, 4.69) is 5.32 Å². The number of amides is 2. The van der Waals surface area contributed by atoms with E-state index in [1.165, 1.54) is 0 Å². The molecule has 1 fully saturated rings. The van der Waals surface area contributed by atoms with Crippen LogP contribution in [0.15, 0.2) is 54.6 Å². The zero-order valence-corrected chi connectivity index (χ0v) is 13.7. The van der Waals surface area contributed by atoms with Gasteiger partial charge in [-0.3, -0.25) is 9.59 Å². The molecule has 2 aromatic rings. The molecule has 5 heteroatoms. The number of carbonyl (C=O) groups excluding carboxylic acids is 2. The normalized spacial score (nSPS) is 13.9. The first-order valence-corrected chi connectivity index (χ1v) is 8.10. The molecule has 2 amide bonds. The first-order valence-electron chi connectivity index (χ1n) is 8.10. The Bertz CT molecular complexity index is 730. The summed E-state index contributed by atoms with van der Waals surface area (Å²) in [5.41, 5.74) is 2.54. The van der Waals surface area contributed by atoms with Crippen LogP contribution in [0.1, 0.15) is 12.8 Å². The molecule has 24 heavy (non-hydrogen) atoms. The largest absolute Gasteiger partial charge is 0.365 e. The van der Waals surface area contributed by atoms with Gasteiger partial charge in [-0.1, -0.05) is 24.3 Å². The van der Waals surface area contributed by atoms with Crippen LogP contribution in [0.3, 0.4) is 0 Å².